The Balaban J connectivity index is 0.000000385. The lowest BCUT2D eigenvalue weighted by molar-refractivity contribution is -0.384. The summed E-state index contributed by atoms with van der Waals surface area (Å²) in [5.41, 5.74) is 6.86. The second-order valence-electron chi connectivity index (χ2n) is 2.71. The molecule has 0 atom stereocenters. The fourth-order valence-corrected chi connectivity index (χ4v) is 0.773. The number of nitrogen functional groups attached to an aromatic ring is 1. The molecule has 2 N–H and O–H groups in total. The van der Waals surface area contributed by atoms with Crippen LogP contribution in [0.15, 0.2) is 18.2 Å². The number of non-ortho nitro benzene ring substituents is 1. The Morgan fingerprint density at radius 1 is 1.31 bits per heavy atom. The molecule has 0 bridgehead atoms. The zero-order valence-electron chi connectivity index (χ0n) is 8.11. The van der Waals surface area contributed by atoms with Gasteiger partial charge in [-0.05, 0) is 18.6 Å². The summed E-state index contributed by atoms with van der Waals surface area (Å²) in [4.78, 5) is 9.79. The minimum atomic E-state index is -5.17. The van der Waals surface area contributed by atoms with Gasteiger partial charge in [0.25, 0.3) is 5.69 Å². The summed E-state index contributed by atoms with van der Waals surface area (Å²) >= 11 is 0. The van der Waals surface area contributed by atoms with Gasteiger partial charge in [0.05, 0.1) is 4.92 Å². The van der Waals surface area contributed by atoms with E-state index in [1.165, 1.54) is 18.2 Å². The number of nitrogens with two attached hydrogens (primary N) is 1. The zero-order chi connectivity index (χ0) is 12.9. The Bertz CT molecular complexity index is 476. The zero-order valence-corrected chi connectivity index (χ0v) is 8.93. The lowest BCUT2D eigenvalue weighted by Crippen LogP contribution is -1.92. The largest absolute Gasteiger partial charge is 0.759 e. The Labute approximate surface area is 91.4 Å². The van der Waals surface area contributed by atoms with Crippen LogP contribution in [0.1, 0.15) is 5.56 Å². The summed E-state index contributed by atoms with van der Waals surface area (Å²) in [6, 6.07) is 4.38. The first-order chi connectivity index (χ1) is 7.11. The van der Waals surface area contributed by atoms with Crippen LogP contribution in [0.3, 0.4) is 0 Å². The molecule has 0 aliphatic carbocycles. The number of rotatable bonds is 1. The van der Waals surface area contributed by atoms with Gasteiger partial charge < -0.3 is 14.8 Å². The minimum absolute atomic E-state index is 0.0803. The highest BCUT2D eigenvalue weighted by atomic mass is 32.3. The Morgan fingerprint density at radius 2 is 1.75 bits per heavy atom. The number of aryl methyl sites for hydroxylation is 1. The van der Waals surface area contributed by atoms with Gasteiger partial charge in [-0.3, -0.25) is 18.5 Å². The minimum Gasteiger partial charge on any atom is -0.759 e. The van der Waals surface area contributed by atoms with Gasteiger partial charge in [-0.2, -0.15) is 0 Å². The number of benzene rings is 1. The second kappa shape index (κ2) is 5.39. The van der Waals surface area contributed by atoms with Gasteiger partial charge in [-0.15, -0.1) is 0 Å². The molecule has 0 saturated heterocycles. The van der Waals surface area contributed by atoms with Crippen LogP contribution in [-0.2, 0) is 10.4 Å². The number of hydrogen-bond donors (Lipinski definition) is 1. The van der Waals surface area contributed by atoms with Crippen molar-refractivity contribution in [2.75, 3.05) is 5.73 Å². The highest BCUT2D eigenvalue weighted by Gasteiger charge is 2.04. The molecule has 90 valence electrons. The molecular weight excluding hydrogens is 240 g/mol. The Morgan fingerprint density at radius 3 is 2.06 bits per heavy atom. The van der Waals surface area contributed by atoms with E-state index < -0.39 is 15.3 Å². The molecule has 0 aliphatic rings. The molecule has 16 heavy (non-hydrogen) atoms. The van der Waals surface area contributed by atoms with Crippen molar-refractivity contribution < 1.29 is 22.4 Å². The van der Waals surface area contributed by atoms with Crippen LogP contribution in [0.4, 0.5) is 11.4 Å². The Hall–Kier alpha value is -1.71. The molecule has 1 aromatic rings. The first kappa shape index (κ1) is 14.3. The van der Waals surface area contributed by atoms with Crippen molar-refractivity contribution in [3.05, 3.63) is 33.9 Å². The van der Waals surface area contributed by atoms with E-state index >= 15 is 0 Å². The molecule has 0 saturated carbocycles. The van der Waals surface area contributed by atoms with Gasteiger partial charge in [0.2, 0.25) is 0 Å². The van der Waals surface area contributed by atoms with E-state index in [1.54, 1.807) is 6.92 Å². The highest BCUT2D eigenvalue weighted by Crippen LogP contribution is 2.17. The smallest absolute Gasteiger partial charge is 0.269 e. The maximum absolute atomic E-state index is 10.2. The third-order valence-corrected chi connectivity index (χ3v) is 1.46. The first-order valence-electron chi connectivity index (χ1n) is 3.78. The summed E-state index contributed by atoms with van der Waals surface area (Å²) in [5.74, 6) is 0. The van der Waals surface area contributed by atoms with Crippen LogP contribution >= 0.6 is 0 Å². The van der Waals surface area contributed by atoms with Gasteiger partial charge in [0.1, 0.15) is 0 Å². The molecule has 0 radical (unpaired) electrons. The second-order valence-corrected chi connectivity index (χ2v) is 3.52. The monoisotopic (exact) mass is 248 g/mol. The lowest BCUT2D eigenvalue weighted by atomic mass is 10.2. The van der Waals surface area contributed by atoms with E-state index in [4.69, 9.17) is 23.3 Å². The van der Waals surface area contributed by atoms with E-state index in [-0.39, 0.29) is 5.69 Å². The average Bonchev–Trinajstić information content (AvgIpc) is 2.06. The van der Waals surface area contributed by atoms with Crippen molar-refractivity contribution in [3.63, 3.8) is 0 Å². The van der Waals surface area contributed by atoms with E-state index in [1.807, 2.05) is 0 Å². The fraction of sp³-hybridized carbons (Fsp3) is 0.143. The number of nitrogens with zero attached hydrogens (tertiary/aromatic N) is 1. The number of anilines is 1. The maximum atomic E-state index is 10.2. The SMILES string of the molecule is Cc1cc([N+](=O)[O-])ccc1N.O=S(=O)([O-])[O-]. The predicted octanol–water partition coefficient (Wildman–Crippen LogP) is 0.147. The predicted molar refractivity (Wildman–Crippen MR) is 52.7 cm³/mol. The van der Waals surface area contributed by atoms with E-state index in [9.17, 15) is 10.1 Å². The number of hydrogen-bond acceptors (Lipinski definition) is 7. The summed E-state index contributed by atoms with van der Waals surface area (Å²) in [6.45, 7) is 1.74. The molecule has 0 spiro atoms. The highest BCUT2D eigenvalue weighted by molar-refractivity contribution is 7.79. The van der Waals surface area contributed by atoms with Gasteiger partial charge >= 0.3 is 0 Å². The molecule has 0 amide bonds. The van der Waals surface area contributed by atoms with E-state index in [0.717, 1.165) is 5.56 Å². The van der Waals surface area contributed by atoms with Gasteiger partial charge in [0.15, 0.2) is 0 Å². The van der Waals surface area contributed by atoms with Crippen molar-refractivity contribution in [3.8, 4) is 0 Å². The van der Waals surface area contributed by atoms with Crippen LogP contribution in [0.5, 0.6) is 0 Å². The maximum Gasteiger partial charge on any atom is 0.269 e. The molecule has 0 aromatic heterocycles. The number of nitro groups is 1. The van der Waals surface area contributed by atoms with Gasteiger partial charge in [-0.1, -0.05) is 0 Å². The summed E-state index contributed by atoms with van der Waals surface area (Å²) < 4.78 is 34.1. The third kappa shape index (κ3) is 6.70. The fourth-order valence-electron chi connectivity index (χ4n) is 0.773. The molecule has 0 aliphatic heterocycles. The van der Waals surface area contributed by atoms with E-state index in [0.29, 0.717) is 5.69 Å². The van der Waals surface area contributed by atoms with Crippen molar-refractivity contribution >= 4 is 21.8 Å². The number of nitro benzene ring substituents is 1. The van der Waals surface area contributed by atoms with Crippen molar-refractivity contribution in [1.29, 1.82) is 0 Å². The molecule has 0 fully saturated rings. The summed E-state index contributed by atoms with van der Waals surface area (Å²) in [6.07, 6.45) is 0. The van der Waals surface area contributed by atoms with Crippen molar-refractivity contribution in [2.24, 2.45) is 0 Å². The summed E-state index contributed by atoms with van der Waals surface area (Å²) in [7, 11) is -5.17. The molecule has 8 nitrogen and oxygen atoms in total. The quantitative estimate of drug-likeness (QED) is 0.244. The average molecular weight is 248 g/mol. The summed E-state index contributed by atoms with van der Waals surface area (Å²) in [5, 5.41) is 10.2. The van der Waals surface area contributed by atoms with Crippen molar-refractivity contribution in [1.82, 2.24) is 0 Å². The van der Waals surface area contributed by atoms with E-state index in [2.05, 4.69) is 0 Å². The molecule has 0 unspecified atom stereocenters. The molecular formula is C7H8N2O6S-2. The lowest BCUT2D eigenvalue weighted by Gasteiger charge is -2.06. The molecule has 1 aromatic carbocycles. The Kier molecular flexibility index (Phi) is 4.82. The molecule has 1 rings (SSSR count). The molecule has 0 heterocycles. The standard InChI is InChI=1S/C7H8N2O2.H2O4S/c1-5-4-6(9(10)11)2-3-7(5)8;1-5(2,3)4/h2-4H,8H2,1H3;(H2,1,2,3,4)/p-2. The van der Waals surface area contributed by atoms with Crippen LogP contribution < -0.4 is 5.73 Å². The van der Waals surface area contributed by atoms with Crippen LogP contribution in [0.25, 0.3) is 0 Å². The molecule has 9 heteroatoms. The van der Waals surface area contributed by atoms with Crippen LogP contribution in [0.2, 0.25) is 0 Å². The van der Waals surface area contributed by atoms with Crippen LogP contribution in [0, 0.1) is 17.0 Å². The first-order valence-corrected chi connectivity index (χ1v) is 5.12. The topological polar surface area (TPSA) is 149 Å². The normalized spacial score (nSPS) is 10.2. The van der Waals surface area contributed by atoms with Gasteiger partial charge in [0, 0.05) is 28.2 Å². The van der Waals surface area contributed by atoms with Gasteiger partial charge in [-0.25, -0.2) is 0 Å². The van der Waals surface area contributed by atoms with Crippen LogP contribution in [-0.4, -0.2) is 22.4 Å². The third-order valence-electron chi connectivity index (χ3n) is 1.46. The van der Waals surface area contributed by atoms with Crippen molar-refractivity contribution in [2.45, 2.75) is 6.92 Å².